The van der Waals surface area contributed by atoms with E-state index in [-0.39, 0.29) is 0 Å². The molecule has 0 radical (unpaired) electrons. The molecule has 0 aliphatic carbocycles. The Morgan fingerprint density at radius 3 is 2.34 bits per heavy atom. The van der Waals surface area contributed by atoms with Crippen molar-refractivity contribution in [2.75, 3.05) is 11.9 Å². The van der Waals surface area contributed by atoms with E-state index in [2.05, 4.69) is 36.5 Å². The fraction of sp³-hybridized carbons (Fsp3) is 0.250. The van der Waals surface area contributed by atoms with E-state index in [1.807, 2.05) is 44.2 Å². The zero-order valence-electron chi connectivity index (χ0n) is 16.9. The summed E-state index contributed by atoms with van der Waals surface area (Å²) in [5.74, 6) is 1.21. The molecule has 0 amide bonds. The lowest BCUT2D eigenvalue weighted by Crippen LogP contribution is -2.04. The van der Waals surface area contributed by atoms with E-state index < -0.39 is 0 Å². The molecule has 0 atom stereocenters. The lowest BCUT2D eigenvalue weighted by Gasteiger charge is -2.16. The zero-order valence-corrected chi connectivity index (χ0v) is 18.4. The topological polar surface area (TPSA) is 30.5 Å². The van der Waals surface area contributed by atoms with Gasteiger partial charge in [-0.15, -0.1) is 0 Å². The lowest BCUT2D eigenvalue weighted by molar-refractivity contribution is 0.269. The average Bonchev–Trinajstić information content (AvgIpc) is 2.69. The molecule has 0 saturated carbocycles. The summed E-state index contributed by atoms with van der Waals surface area (Å²) < 4.78 is 11.8. The molecule has 3 aromatic carbocycles. The van der Waals surface area contributed by atoms with Crippen LogP contribution in [0.3, 0.4) is 0 Å². The second-order valence-electron chi connectivity index (χ2n) is 6.92. The highest BCUT2D eigenvalue weighted by Gasteiger charge is 2.13. The second-order valence-corrected chi connectivity index (χ2v) is 7.77. The van der Waals surface area contributed by atoms with Gasteiger partial charge in [0.1, 0.15) is 6.61 Å². The van der Waals surface area contributed by atoms with E-state index in [4.69, 9.17) is 32.7 Å². The van der Waals surface area contributed by atoms with Crippen LogP contribution >= 0.6 is 23.2 Å². The monoisotopic (exact) mass is 429 g/mol. The average molecular weight is 430 g/mol. The van der Waals surface area contributed by atoms with Crippen LogP contribution < -0.4 is 14.8 Å². The number of halogens is 2. The first-order valence-corrected chi connectivity index (χ1v) is 10.4. The highest BCUT2D eigenvalue weighted by molar-refractivity contribution is 6.32. The van der Waals surface area contributed by atoms with Crippen molar-refractivity contribution >= 4 is 28.9 Å². The van der Waals surface area contributed by atoms with Crippen LogP contribution in [0.1, 0.15) is 29.2 Å². The molecule has 0 saturated heterocycles. The Labute approximate surface area is 182 Å². The molecule has 152 valence electrons. The maximum atomic E-state index is 6.55. The van der Waals surface area contributed by atoms with Gasteiger partial charge in [0.15, 0.2) is 11.5 Å². The molecule has 0 unspecified atom stereocenters. The van der Waals surface area contributed by atoms with Gasteiger partial charge < -0.3 is 14.8 Å². The van der Waals surface area contributed by atoms with E-state index in [1.165, 1.54) is 5.56 Å². The van der Waals surface area contributed by atoms with Crippen molar-refractivity contribution in [2.24, 2.45) is 0 Å². The lowest BCUT2D eigenvalue weighted by atomic mass is 10.1. The van der Waals surface area contributed by atoms with Crippen LogP contribution in [-0.4, -0.2) is 6.61 Å². The molecule has 3 rings (SSSR count). The van der Waals surface area contributed by atoms with E-state index in [1.54, 1.807) is 0 Å². The number of rotatable bonds is 8. The summed E-state index contributed by atoms with van der Waals surface area (Å²) in [5, 5.41) is 4.64. The van der Waals surface area contributed by atoms with Crippen LogP contribution in [0.5, 0.6) is 11.5 Å². The van der Waals surface area contributed by atoms with E-state index in [0.29, 0.717) is 41.3 Å². The summed E-state index contributed by atoms with van der Waals surface area (Å²) >= 11 is 12.7. The van der Waals surface area contributed by atoms with Crippen LogP contribution in [-0.2, 0) is 13.2 Å². The van der Waals surface area contributed by atoms with Crippen LogP contribution in [0.15, 0.2) is 54.6 Å². The minimum Gasteiger partial charge on any atom is -0.490 e. The van der Waals surface area contributed by atoms with E-state index in [0.717, 1.165) is 22.4 Å². The predicted molar refractivity (Wildman–Crippen MR) is 122 cm³/mol. The SMILES string of the molecule is CCOc1cc(CNc2cc(Cl)ccc2C)cc(Cl)c1OCc1ccc(C)cc1. The number of aryl methyl sites for hydroxylation is 2. The largest absolute Gasteiger partial charge is 0.490 e. The predicted octanol–water partition coefficient (Wildman–Crippen LogP) is 7.20. The fourth-order valence-electron chi connectivity index (χ4n) is 2.95. The molecule has 0 bridgehead atoms. The summed E-state index contributed by atoms with van der Waals surface area (Å²) in [6, 6.07) is 17.9. The Hall–Kier alpha value is -2.36. The van der Waals surface area contributed by atoms with Gasteiger partial charge >= 0.3 is 0 Å². The normalized spacial score (nSPS) is 10.7. The molecule has 0 aliphatic heterocycles. The number of ether oxygens (including phenoxy) is 2. The van der Waals surface area contributed by atoms with Gasteiger partial charge in [-0.05, 0) is 61.7 Å². The van der Waals surface area contributed by atoms with Crippen LogP contribution in [0.2, 0.25) is 10.0 Å². The number of anilines is 1. The minimum absolute atomic E-state index is 0.430. The zero-order chi connectivity index (χ0) is 20.8. The quantitative estimate of drug-likeness (QED) is 0.410. The molecule has 0 heterocycles. The molecule has 3 aromatic rings. The van der Waals surface area contributed by atoms with Gasteiger partial charge in [-0.1, -0.05) is 59.1 Å². The maximum absolute atomic E-state index is 6.55. The highest BCUT2D eigenvalue weighted by atomic mass is 35.5. The Balaban J connectivity index is 1.76. The summed E-state index contributed by atoms with van der Waals surface area (Å²) in [6.45, 7) is 7.60. The summed E-state index contributed by atoms with van der Waals surface area (Å²) in [7, 11) is 0. The minimum atomic E-state index is 0.430. The Bertz CT molecular complexity index is 971. The smallest absolute Gasteiger partial charge is 0.180 e. The van der Waals surface area contributed by atoms with Crippen molar-refractivity contribution in [3.05, 3.63) is 86.9 Å². The number of benzene rings is 3. The van der Waals surface area contributed by atoms with E-state index in [9.17, 15) is 0 Å². The van der Waals surface area contributed by atoms with Gasteiger partial charge in [-0.2, -0.15) is 0 Å². The fourth-order valence-corrected chi connectivity index (χ4v) is 3.41. The van der Waals surface area contributed by atoms with Crippen LogP contribution in [0, 0.1) is 13.8 Å². The molecule has 0 aromatic heterocycles. The molecule has 1 N–H and O–H groups in total. The molecule has 29 heavy (non-hydrogen) atoms. The van der Waals surface area contributed by atoms with Crippen molar-refractivity contribution < 1.29 is 9.47 Å². The van der Waals surface area contributed by atoms with Crippen molar-refractivity contribution in [2.45, 2.75) is 33.9 Å². The van der Waals surface area contributed by atoms with Gasteiger partial charge in [0.25, 0.3) is 0 Å². The van der Waals surface area contributed by atoms with Gasteiger partial charge in [-0.25, -0.2) is 0 Å². The van der Waals surface area contributed by atoms with Gasteiger partial charge in [0, 0.05) is 17.3 Å². The van der Waals surface area contributed by atoms with Gasteiger partial charge in [0.05, 0.1) is 11.6 Å². The molecule has 5 heteroatoms. The van der Waals surface area contributed by atoms with Crippen LogP contribution in [0.4, 0.5) is 5.69 Å². The Morgan fingerprint density at radius 1 is 0.862 bits per heavy atom. The second kappa shape index (κ2) is 9.91. The number of hydrogen-bond acceptors (Lipinski definition) is 3. The van der Waals surface area contributed by atoms with Gasteiger partial charge in [-0.3, -0.25) is 0 Å². The summed E-state index contributed by atoms with van der Waals surface area (Å²) in [4.78, 5) is 0. The molecule has 0 fully saturated rings. The van der Waals surface area contributed by atoms with Crippen molar-refractivity contribution in [3.8, 4) is 11.5 Å². The summed E-state index contributed by atoms with van der Waals surface area (Å²) in [5.41, 5.74) is 5.42. The van der Waals surface area contributed by atoms with E-state index >= 15 is 0 Å². The maximum Gasteiger partial charge on any atom is 0.180 e. The molecular weight excluding hydrogens is 405 g/mol. The Kier molecular flexibility index (Phi) is 7.29. The summed E-state index contributed by atoms with van der Waals surface area (Å²) in [6.07, 6.45) is 0. The molecular formula is C24H25Cl2NO2. The van der Waals surface area contributed by atoms with Crippen molar-refractivity contribution in [1.82, 2.24) is 0 Å². The van der Waals surface area contributed by atoms with Crippen molar-refractivity contribution in [1.29, 1.82) is 0 Å². The Morgan fingerprint density at radius 2 is 1.62 bits per heavy atom. The molecule has 0 aliphatic rings. The number of hydrogen-bond donors (Lipinski definition) is 1. The number of nitrogens with one attached hydrogen (secondary N) is 1. The first-order chi connectivity index (χ1) is 14.0. The van der Waals surface area contributed by atoms with Crippen molar-refractivity contribution in [3.63, 3.8) is 0 Å². The molecule has 3 nitrogen and oxygen atoms in total. The van der Waals surface area contributed by atoms with Gasteiger partial charge in [0.2, 0.25) is 0 Å². The highest BCUT2D eigenvalue weighted by Crippen LogP contribution is 2.37. The first-order valence-electron chi connectivity index (χ1n) is 9.60. The standard InChI is InChI=1S/C24H25Cl2NO2/c1-4-28-23-12-19(14-27-22-13-20(25)10-7-17(22)3)11-21(26)24(23)29-15-18-8-5-16(2)6-9-18/h5-13,27H,4,14-15H2,1-3H3. The third-order valence-electron chi connectivity index (χ3n) is 4.56. The molecule has 0 spiro atoms. The third-order valence-corrected chi connectivity index (χ3v) is 5.07. The van der Waals surface area contributed by atoms with Crippen LogP contribution in [0.25, 0.3) is 0 Å². The third kappa shape index (κ3) is 5.81. The first kappa shape index (κ1) is 21.4.